The van der Waals surface area contributed by atoms with Crippen molar-refractivity contribution in [1.82, 2.24) is 10.6 Å². The number of nitrogens with one attached hydrogen (secondary N) is 2. The minimum absolute atomic E-state index is 0.222. The van der Waals surface area contributed by atoms with Gasteiger partial charge in [0.25, 0.3) is 0 Å². The maximum atomic E-state index is 11.3. The second-order valence-corrected chi connectivity index (χ2v) is 4.24. The van der Waals surface area contributed by atoms with Crippen LogP contribution in [0.1, 0.15) is 33.1 Å². The molecule has 0 aliphatic carbocycles. The maximum absolute atomic E-state index is 11.3. The number of imide groups is 1. The van der Waals surface area contributed by atoms with Crippen molar-refractivity contribution in [2.24, 2.45) is 0 Å². The van der Waals surface area contributed by atoms with Crippen molar-refractivity contribution in [1.29, 1.82) is 0 Å². The van der Waals surface area contributed by atoms with Gasteiger partial charge in [0.1, 0.15) is 0 Å². The van der Waals surface area contributed by atoms with E-state index < -0.39 is 5.60 Å². The maximum Gasteiger partial charge on any atom is 0.243 e. The monoisotopic (exact) mass is 214 g/mol. The number of hydrogen-bond acceptors (Lipinski definition) is 4. The third kappa shape index (κ3) is 3.60. The van der Waals surface area contributed by atoms with Gasteiger partial charge in [-0.3, -0.25) is 14.9 Å². The van der Waals surface area contributed by atoms with Crippen LogP contribution in [0.3, 0.4) is 0 Å². The van der Waals surface area contributed by atoms with Crippen molar-refractivity contribution in [3.63, 3.8) is 0 Å². The molecule has 3 N–H and O–H groups in total. The van der Waals surface area contributed by atoms with Crippen LogP contribution in [-0.4, -0.2) is 35.1 Å². The van der Waals surface area contributed by atoms with Crippen molar-refractivity contribution in [2.45, 2.75) is 44.8 Å². The fourth-order valence-electron chi connectivity index (χ4n) is 1.36. The standard InChI is InChI=1S/C10H18N2O3/c1-3-10(2,15)6-11-7-4-5-8(13)12-9(7)14/h7,11,15H,3-6H2,1-2H3,(H,12,13,14). The SMILES string of the molecule is CCC(C)(O)CNC1CCC(=O)NC1=O. The number of piperidine rings is 1. The molecule has 1 heterocycles. The summed E-state index contributed by atoms with van der Waals surface area (Å²) in [6, 6.07) is -0.360. The van der Waals surface area contributed by atoms with Gasteiger partial charge in [0, 0.05) is 13.0 Å². The highest BCUT2D eigenvalue weighted by Crippen LogP contribution is 2.09. The normalized spacial score (nSPS) is 25.9. The average molecular weight is 214 g/mol. The van der Waals surface area contributed by atoms with Crippen molar-refractivity contribution < 1.29 is 14.7 Å². The molecule has 86 valence electrons. The van der Waals surface area contributed by atoms with Crippen LogP contribution in [0.2, 0.25) is 0 Å². The first-order valence-corrected chi connectivity index (χ1v) is 5.24. The van der Waals surface area contributed by atoms with E-state index in [9.17, 15) is 14.7 Å². The molecule has 0 aromatic rings. The quantitative estimate of drug-likeness (QED) is 0.553. The minimum atomic E-state index is -0.804. The van der Waals surface area contributed by atoms with Crippen LogP contribution in [0.4, 0.5) is 0 Å². The summed E-state index contributed by atoms with van der Waals surface area (Å²) in [4.78, 5) is 22.2. The summed E-state index contributed by atoms with van der Waals surface area (Å²) in [5.41, 5.74) is -0.804. The zero-order chi connectivity index (χ0) is 11.5. The van der Waals surface area contributed by atoms with Gasteiger partial charge in [-0.1, -0.05) is 6.92 Å². The van der Waals surface area contributed by atoms with Crippen molar-refractivity contribution in [3.05, 3.63) is 0 Å². The molecule has 0 saturated carbocycles. The lowest BCUT2D eigenvalue weighted by Gasteiger charge is -2.27. The average Bonchev–Trinajstić information content (AvgIpc) is 2.16. The topological polar surface area (TPSA) is 78.4 Å². The molecule has 5 nitrogen and oxygen atoms in total. The summed E-state index contributed by atoms with van der Waals surface area (Å²) in [7, 11) is 0. The Morgan fingerprint density at radius 2 is 2.27 bits per heavy atom. The van der Waals surface area contributed by atoms with Gasteiger partial charge in [-0.25, -0.2) is 0 Å². The lowest BCUT2D eigenvalue weighted by Crippen LogP contribution is -2.53. The van der Waals surface area contributed by atoms with Gasteiger partial charge in [0.05, 0.1) is 11.6 Å². The second kappa shape index (κ2) is 4.72. The van der Waals surface area contributed by atoms with Gasteiger partial charge in [-0.05, 0) is 19.8 Å². The van der Waals surface area contributed by atoms with Gasteiger partial charge in [-0.2, -0.15) is 0 Å². The summed E-state index contributed by atoms with van der Waals surface area (Å²) < 4.78 is 0. The third-order valence-electron chi connectivity index (χ3n) is 2.73. The molecule has 0 aromatic carbocycles. The summed E-state index contributed by atoms with van der Waals surface area (Å²) in [5, 5.41) is 15.0. The molecule has 1 aliphatic heterocycles. The van der Waals surface area contributed by atoms with E-state index in [1.54, 1.807) is 6.92 Å². The molecule has 0 spiro atoms. The Bertz CT molecular complexity index is 263. The molecular weight excluding hydrogens is 196 g/mol. The summed E-state index contributed by atoms with van der Waals surface area (Å²) in [6.45, 7) is 3.95. The van der Waals surface area contributed by atoms with Gasteiger partial charge in [0.15, 0.2) is 0 Å². The predicted molar refractivity (Wildman–Crippen MR) is 55.1 cm³/mol. The molecule has 0 aromatic heterocycles. The van der Waals surface area contributed by atoms with Crippen molar-refractivity contribution >= 4 is 11.8 Å². The van der Waals surface area contributed by atoms with Crippen LogP contribution < -0.4 is 10.6 Å². The molecule has 15 heavy (non-hydrogen) atoms. The molecule has 0 bridgehead atoms. The zero-order valence-electron chi connectivity index (χ0n) is 9.17. The van der Waals surface area contributed by atoms with Gasteiger partial charge >= 0.3 is 0 Å². The highest BCUT2D eigenvalue weighted by molar-refractivity contribution is 6.00. The summed E-state index contributed by atoms with van der Waals surface area (Å²) >= 11 is 0. The molecular formula is C10H18N2O3. The Labute approximate surface area is 89.2 Å². The Morgan fingerprint density at radius 3 is 2.80 bits per heavy atom. The van der Waals surface area contributed by atoms with Crippen molar-refractivity contribution in [3.8, 4) is 0 Å². The van der Waals surface area contributed by atoms with E-state index in [0.717, 1.165) is 0 Å². The molecule has 1 rings (SSSR count). The van der Waals surface area contributed by atoms with Gasteiger partial charge in [0.2, 0.25) is 11.8 Å². The Balaban J connectivity index is 2.39. The first kappa shape index (κ1) is 12.1. The number of carbonyl (C=O) groups excluding carboxylic acids is 2. The fraction of sp³-hybridized carbons (Fsp3) is 0.800. The Kier molecular flexibility index (Phi) is 3.82. The van der Waals surface area contributed by atoms with E-state index in [1.165, 1.54) is 0 Å². The Hall–Kier alpha value is -0.940. The number of rotatable bonds is 4. The van der Waals surface area contributed by atoms with Crippen LogP contribution >= 0.6 is 0 Å². The van der Waals surface area contributed by atoms with Gasteiger partial charge < -0.3 is 10.4 Å². The number of amides is 2. The summed E-state index contributed by atoms with van der Waals surface area (Å²) in [6.07, 6.45) is 1.48. The second-order valence-electron chi connectivity index (χ2n) is 4.24. The zero-order valence-corrected chi connectivity index (χ0v) is 9.17. The van der Waals surface area contributed by atoms with E-state index in [4.69, 9.17) is 0 Å². The van der Waals surface area contributed by atoms with Crippen LogP contribution in [0.5, 0.6) is 0 Å². The molecule has 2 unspecified atom stereocenters. The molecule has 2 atom stereocenters. The predicted octanol–water partition coefficient (Wildman–Crippen LogP) is -0.458. The lowest BCUT2D eigenvalue weighted by molar-refractivity contribution is -0.134. The number of aliphatic hydroxyl groups is 1. The molecule has 0 radical (unpaired) electrons. The first-order valence-electron chi connectivity index (χ1n) is 5.24. The first-order chi connectivity index (χ1) is 6.94. The van der Waals surface area contributed by atoms with E-state index in [1.807, 2.05) is 6.92 Å². The largest absolute Gasteiger partial charge is 0.389 e. The molecule has 1 fully saturated rings. The summed E-state index contributed by atoms with van der Waals surface area (Å²) in [5.74, 6) is -0.515. The Morgan fingerprint density at radius 1 is 1.60 bits per heavy atom. The van der Waals surface area contributed by atoms with Crippen LogP contribution in [-0.2, 0) is 9.59 Å². The van der Waals surface area contributed by atoms with Crippen molar-refractivity contribution in [2.75, 3.05) is 6.54 Å². The molecule has 2 amide bonds. The van der Waals surface area contributed by atoms with E-state index in [2.05, 4.69) is 10.6 Å². The molecule has 1 aliphatic rings. The van der Waals surface area contributed by atoms with E-state index >= 15 is 0 Å². The van der Waals surface area contributed by atoms with E-state index in [0.29, 0.717) is 25.8 Å². The lowest BCUT2D eigenvalue weighted by atomic mass is 10.0. The molecule has 1 saturated heterocycles. The highest BCUT2D eigenvalue weighted by Gasteiger charge is 2.28. The van der Waals surface area contributed by atoms with Gasteiger partial charge in [-0.15, -0.1) is 0 Å². The minimum Gasteiger partial charge on any atom is -0.389 e. The smallest absolute Gasteiger partial charge is 0.243 e. The van der Waals surface area contributed by atoms with Crippen LogP contribution in [0.25, 0.3) is 0 Å². The van der Waals surface area contributed by atoms with Crippen LogP contribution in [0.15, 0.2) is 0 Å². The highest BCUT2D eigenvalue weighted by atomic mass is 16.3. The third-order valence-corrected chi connectivity index (χ3v) is 2.73. The van der Waals surface area contributed by atoms with E-state index in [-0.39, 0.29) is 17.9 Å². The fourth-order valence-corrected chi connectivity index (χ4v) is 1.36. The van der Waals surface area contributed by atoms with Crippen LogP contribution in [0, 0.1) is 0 Å². The molecule has 5 heteroatoms. The number of carbonyl (C=O) groups is 2. The number of hydrogen-bond donors (Lipinski definition) is 3.